The van der Waals surface area contributed by atoms with Crippen LogP contribution in [0.5, 0.6) is 0 Å². The first-order valence-electron chi connectivity index (χ1n) is 6.74. The van der Waals surface area contributed by atoms with Crippen molar-refractivity contribution < 1.29 is 17.2 Å². The summed E-state index contributed by atoms with van der Waals surface area (Å²) in [6, 6.07) is 9.80. The Labute approximate surface area is 135 Å². The van der Waals surface area contributed by atoms with Crippen LogP contribution in [-0.4, -0.2) is 19.9 Å². The van der Waals surface area contributed by atoms with Crippen LogP contribution in [0.3, 0.4) is 0 Å². The van der Waals surface area contributed by atoms with Crippen LogP contribution in [0.15, 0.2) is 47.4 Å². The van der Waals surface area contributed by atoms with Gasteiger partial charge in [0.15, 0.2) is 0 Å². The van der Waals surface area contributed by atoms with Crippen LogP contribution in [0.25, 0.3) is 10.2 Å². The molecule has 1 N–H and O–H groups in total. The Kier molecular flexibility index (Phi) is 4.38. The van der Waals surface area contributed by atoms with Gasteiger partial charge in [0, 0.05) is 19.0 Å². The molecule has 0 spiro atoms. The summed E-state index contributed by atoms with van der Waals surface area (Å²) in [4.78, 5) is 3.97. The third-order valence-electron chi connectivity index (χ3n) is 3.12. The standard InChI is InChI=1S/C15H12F2N2O2S2/c16-10-7-11(17)9-12(8-10)23(20,21)18-6-5-15-19-13-3-1-2-4-14(13)22-15/h1-4,7-9,18H,5-6H2. The van der Waals surface area contributed by atoms with Gasteiger partial charge < -0.3 is 0 Å². The number of rotatable bonds is 5. The molecule has 120 valence electrons. The molecule has 0 aliphatic carbocycles. The van der Waals surface area contributed by atoms with Gasteiger partial charge in [-0.05, 0) is 24.3 Å². The van der Waals surface area contributed by atoms with Gasteiger partial charge in [0.1, 0.15) is 11.6 Å². The molecule has 2 aromatic carbocycles. The number of aromatic nitrogens is 1. The van der Waals surface area contributed by atoms with Crippen molar-refractivity contribution >= 4 is 31.6 Å². The maximum atomic E-state index is 13.1. The van der Waals surface area contributed by atoms with Gasteiger partial charge in [-0.15, -0.1) is 11.3 Å². The summed E-state index contributed by atoms with van der Waals surface area (Å²) in [6.45, 7) is 0.0975. The Balaban J connectivity index is 1.69. The molecular weight excluding hydrogens is 342 g/mol. The number of benzene rings is 2. The third-order valence-corrected chi connectivity index (χ3v) is 5.65. The monoisotopic (exact) mass is 354 g/mol. The van der Waals surface area contributed by atoms with Gasteiger partial charge in [0.25, 0.3) is 0 Å². The van der Waals surface area contributed by atoms with Crippen molar-refractivity contribution in [3.05, 3.63) is 59.1 Å². The topological polar surface area (TPSA) is 59.1 Å². The summed E-state index contributed by atoms with van der Waals surface area (Å²) in [5.41, 5.74) is 0.863. The van der Waals surface area contributed by atoms with Crippen LogP contribution < -0.4 is 4.72 Å². The van der Waals surface area contributed by atoms with Crippen molar-refractivity contribution in [2.75, 3.05) is 6.54 Å². The number of halogens is 2. The van der Waals surface area contributed by atoms with Gasteiger partial charge in [-0.25, -0.2) is 26.9 Å². The van der Waals surface area contributed by atoms with Gasteiger partial charge >= 0.3 is 0 Å². The molecule has 0 saturated carbocycles. The number of hydrogen-bond donors (Lipinski definition) is 1. The smallest absolute Gasteiger partial charge is 0.240 e. The van der Waals surface area contributed by atoms with E-state index < -0.39 is 26.6 Å². The van der Waals surface area contributed by atoms with Crippen molar-refractivity contribution in [2.24, 2.45) is 0 Å². The summed E-state index contributed by atoms with van der Waals surface area (Å²) in [5.74, 6) is -1.87. The normalized spacial score (nSPS) is 11.9. The minimum absolute atomic E-state index is 0.0975. The van der Waals surface area contributed by atoms with Crippen LogP contribution in [-0.2, 0) is 16.4 Å². The average molecular weight is 354 g/mol. The zero-order valence-electron chi connectivity index (χ0n) is 11.8. The fourth-order valence-electron chi connectivity index (χ4n) is 2.09. The van der Waals surface area contributed by atoms with E-state index >= 15 is 0 Å². The molecule has 3 aromatic rings. The van der Waals surface area contributed by atoms with Crippen molar-refractivity contribution in [1.29, 1.82) is 0 Å². The summed E-state index contributed by atoms with van der Waals surface area (Å²) in [7, 11) is -3.96. The molecule has 0 aliphatic rings. The Hall–Kier alpha value is -1.90. The highest BCUT2D eigenvalue weighted by molar-refractivity contribution is 7.89. The van der Waals surface area contributed by atoms with Crippen LogP contribution >= 0.6 is 11.3 Å². The van der Waals surface area contributed by atoms with E-state index in [0.717, 1.165) is 27.4 Å². The number of fused-ring (bicyclic) bond motifs is 1. The lowest BCUT2D eigenvalue weighted by molar-refractivity contribution is 0.561. The highest BCUT2D eigenvalue weighted by atomic mass is 32.2. The second-order valence-electron chi connectivity index (χ2n) is 4.83. The highest BCUT2D eigenvalue weighted by Crippen LogP contribution is 2.21. The summed E-state index contributed by atoms with van der Waals surface area (Å²) in [5, 5.41) is 0.791. The number of thiazole rings is 1. The van der Waals surface area contributed by atoms with Crippen molar-refractivity contribution in [1.82, 2.24) is 9.71 Å². The molecule has 1 aromatic heterocycles. The van der Waals surface area contributed by atoms with Crippen molar-refractivity contribution in [3.63, 3.8) is 0 Å². The quantitative estimate of drug-likeness (QED) is 0.766. The first-order valence-corrected chi connectivity index (χ1v) is 9.04. The van der Waals surface area contributed by atoms with Crippen molar-refractivity contribution in [3.8, 4) is 0 Å². The second kappa shape index (κ2) is 6.31. The number of nitrogens with zero attached hydrogens (tertiary/aromatic N) is 1. The molecule has 8 heteroatoms. The maximum absolute atomic E-state index is 13.1. The molecule has 0 fully saturated rings. The van der Waals surface area contributed by atoms with Gasteiger partial charge in [-0.2, -0.15) is 0 Å². The summed E-state index contributed by atoms with van der Waals surface area (Å²) < 4.78 is 53.7. The number of sulfonamides is 1. The third kappa shape index (κ3) is 3.72. The Morgan fingerprint density at radius 1 is 1.09 bits per heavy atom. The molecule has 0 atom stereocenters. The fraction of sp³-hybridized carbons (Fsp3) is 0.133. The zero-order valence-corrected chi connectivity index (χ0v) is 13.4. The zero-order chi connectivity index (χ0) is 16.4. The van der Waals surface area contributed by atoms with E-state index in [-0.39, 0.29) is 6.54 Å². The highest BCUT2D eigenvalue weighted by Gasteiger charge is 2.16. The first-order chi connectivity index (χ1) is 10.9. The van der Waals surface area contributed by atoms with E-state index in [1.165, 1.54) is 11.3 Å². The van der Waals surface area contributed by atoms with Crippen molar-refractivity contribution in [2.45, 2.75) is 11.3 Å². The summed E-state index contributed by atoms with van der Waals surface area (Å²) in [6.07, 6.45) is 0.399. The van der Waals surface area contributed by atoms with E-state index in [9.17, 15) is 17.2 Å². The van der Waals surface area contributed by atoms with E-state index in [2.05, 4.69) is 9.71 Å². The first kappa shape index (κ1) is 16.0. The van der Waals surface area contributed by atoms with Gasteiger partial charge in [0.2, 0.25) is 10.0 Å². The minimum Gasteiger partial charge on any atom is -0.241 e. The Morgan fingerprint density at radius 2 is 1.78 bits per heavy atom. The van der Waals surface area contributed by atoms with E-state index in [0.29, 0.717) is 12.5 Å². The SMILES string of the molecule is O=S(=O)(NCCc1nc2ccccc2s1)c1cc(F)cc(F)c1. The second-order valence-corrected chi connectivity index (χ2v) is 7.71. The predicted octanol–water partition coefficient (Wildman–Crippen LogP) is 3.10. The largest absolute Gasteiger partial charge is 0.241 e. The molecule has 23 heavy (non-hydrogen) atoms. The van der Waals surface area contributed by atoms with Crippen LogP contribution in [0.4, 0.5) is 8.78 Å². The minimum atomic E-state index is -3.96. The average Bonchev–Trinajstić information content (AvgIpc) is 2.88. The maximum Gasteiger partial charge on any atom is 0.240 e. The Morgan fingerprint density at radius 3 is 2.48 bits per heavy atom. The molecule has 3 rings (SSSR count). The number of para-hydroxylation sites is 1. The molecule has 0 saturated heterocycles. The molecule has 0 radical (unpaired) electrons. The molecule has 1 heterocycles. The molecule has 0 unspecified atom stereocenters. The summed E-state index contributed by atoms with van der Waals surface area (Å²) >= 11 is 1.48. The van der Waals surface area contributed by atoms with Crippen LogP contribution in [0.2, 0.25) is 0 Å². The van der Waals surface area contributed by atoms with E-state index in [1.54, 1.807) is 0 Å². The lowest BCUT2D eigenvalue weighted by Gasteiger charge is -2.06. The van der Waals surface area contributed by atoms with Gasteiger partial charge in [-0.1, -0.05) is 12.1 Å². The molecule has 4 nitrogen and oxygen atoms in total. The molecule has 0 bridgehead atoms. The fourth-order valence-corrected chi connectivity index (χ4v) is 4.13. The van der Waals surface area contributed by atoms with Gasteiger partial charge in [0.05, 0.1) is 20.1 Å². The number of hydrogen-bond acceptors (Lipinski definition) is 4. The molecular formula is C15H12F2N2O2S2. The van der Waals surface area contributed by atoms with Crippen LogP contribution in [0.1, 0.15) is 5.01 Å². The molecule has 0 amide bonds. The number of nitrogens with one attached hydrogen (secondary N) is 1. The predicted molar refractivity (Wildman–Crippen MR) is 84.9 cm³/mol. The van der Waals surface area contributed by atoms with Gasteiger partial charge in [-0.3, -0.25) is 0 Å². The Bertz CT molecular complexity index is 902. The molecule has 0 aliphatic heterocycles. The van der Waals surface area contributed by atoms with E-state index in [4.69, 9.17) is 0 Å². The lowest BCUT2D eigenvalue weighted by Crippen LogP contribution is -2.26. The van der Waals surface area contributed by atoms with E-state index in [1.807, 2.05) is 24.3 Å². The van der Waals surface area contributed by atoms with Crippen LogP contribution in [0, 0.1) is 11.6 Å². The lowest BCUT2D eigenvalue weighted by atomic mass is 10.3.